The summed E-state index contributed by atoms with van der Waals surface area (Å²) in [5.74, 6) is 0. The summed E-state index contributed by atoms with van der Waals surface area (Å²) in [5, 5.41) is 0.749. The minimum atomic E-state index is 0.168. The van der Waals surface area contributed by atoms with E-state index in [0.29, 0.717) is 0 Å². The Kier molecular flexibility index (Phi) is 3.17. The fraction of sp³-hybridized carbons (Fsp3) is 0.133. The smallest absolute Gasteiger partial charge is 0.178 e. The van der Waals surface area contributed by atoms with Gasteiger partial charge in [-0.1, -0.05) is 35.9 Å². The zero-order chi connectivity index (χ0) is 13.4. The maximum atomic E-state index is 5.93. The van der Waals surface area contributed by atoms with E-state index >= 15 is 0 Å². The van der Waals surface area contributed by atoms with Gasteiger partial charge in [0.25, 0.3) is 0 Å². The van der Waals surface area contributed by atoms with Crippen molar-refractivity contribution in [3.05, 3.63) is 63.9 Å². The van der Waals surface area contributed by atoms with Crippen molar-refractivity contribution in [1.82, 2.24) is 9.55 Å². The van der Waals surface area contributed by atoms with Crippen LogP contribution in [-0.2, 0) is 0 Å². The maximum Gasteiger partial charge on any atom is 0.178 e. The number of fused-ring (bicyclic) bond motifs is 1. The SMILES string of the molecule is CC(c1ccc(Cl)cc1)n1c(=S)[nH]c2ccccc21. The van der Waals surface area contributed by atoms with E-state index < -0.39 is 0 Å². The number of benzene rings is 2. The van der Waals surface area contributed by atoms with Crippen LogP contribution in [0, 0.1) is 4.77 Å². The summed E-state index contributed by atoms with van der Waals surface area (Å²) in [5.41, 5.74) is 3.37. The molecule has 1 N–H and O–H groups in total. The van der Waals surface area contributed by atoms with Gasteiger partial charge in [0.15, 0.2) is 4.77 Å². The van der Waals surface area contributed by atoms with Gasteiger partial charge < -0.3 is 9.55 Å². The number of aromatic nitrogens is 2. The van der Waals surface area contributed by atoms with E-state index in [1.807, 2.05) is 42.5 Å². The lowest BCUT2D eigenvalue weighted by Crippen LogP contribution is -2.06. The van der Waals surface area contributed by atoms with Crippen LogP contribution in [0.3, 0.4) is 0 Å². The predicted molar refractivity (Wildman–Crippen MR) is 82.4 cm³/mol. The van der Waals surface area contributed by atoms with E-state index in [0.717, 1.165) is 20.8 Å². The molecule has 0 aliphatic rings. The highest BCUT2D eigenvalue weighted by molar-refractivity contribution is 7.71. The van der Waals surface area contributed by atoms with Crippen LogP contribution in [0.5, 0.6) is 0 Å². The summed E-state index contributed by atoms with van der Waals surface area (Å²) in [6.07, 6.45) is 0. The van der Waals surface area contributed by atoms with Gasteiger partial charge in [-0.15, -0.1) is 0 Å². The zero-order valence-corrected chi connectivity index (χ0v) is 12.0. The number of H-pyrrole nitrogens is 1. The van der Waals surface area contributed by atoms with Crippen molar-refractivity contribution in [3.8, 4) is 0 Å². The topological polar surface area (TPSA) is 20.7 Å². The third-order valence-electron chi connectivity index (χ3n) is 3.36. The van der Waals surface area contributed by atoms with Gasteiger partial charge >= 0.3 is 0 Å². The van der Waals surface area contributed by atoms with Crippen LogP contribution in [0.2, 0.25) is 5.02 Å². The van der Waals surface area contributed by atoms with Crippen LogP contribution in [0.25, 0.3) is 11.0 Å². The minimum Gasteiger partial charge on any atom is -0.331 e. The Labute approximate surface area is 121 Å². The van der Waals surface area contributed by atoms with Crippen molar-refractivity contribution in [3.63, 3.8) is 0 Å². The summed E-state index contributed by atoms with van der Waals surface area (Å²) in [4.78, 5) is 3.24. The standard InChI is InChI=1S/C15H13ClN2S/c1-10(11-6-8-12(16)9-7-11)18-14-5-3-2-4-13(14)17-15(18)19/h2-10H,1H3,(H,17,19). The molecule has 19 heavy (non-hydrogen) atoms. The van der Waals surface area contributed by atoms with E-state index in [2.05, 4.69) is 22.5 Å². The molecule has 1 aromatic heterocycles. The number of nitrogens with zero attached hydrogens (tertiary/aromatic N) is 1. The van der Waals surface area contributed by atoms with Gasteiger partial charge in [0.1, 0.15) is 0 Å². The van der Waals surface area contributed by atoms with Gasteiger partial charge in [0.2, 0.25) is 0 Å². The third-order valence-corrected chi connectivity index (χ3v) is 3.91. The molecule has 0 bridgehead atoms. The number of para-hydroxylation sites is 2. The summed E-state index contributed by atoms with van der Waals surface area (Å²) >= 11 is 11.4. The molecule has 0 fully saturated rings. The fourth-order valence-electron chi connectivity index (χ4n) is 2.35. The molecule has 0 aliphatic carbocycles. The second kappa shape index (κ2) is 4.83. The Morgan fingerprint density at radius 1 is 1.11 bits per heavy atom. The number of halogens is 1. The van der Waals surface area contributed by atoms with Gasteiger partial charge in [-0.25, -0.2) is 0 Å². The molecule has 1 atom stereocenters. The number of rotatable bonds is 2. The van der Waals surface area contributed by atoms with E-state index in [9.17, 15) is 0 Å². The van der Waals surface area contributed by atoms with Gasteiger partial charge in [0, 0.05) is 5.02 Å². The Balaban J connectivity index is 2.16. The lowest BCUT2D eigenvalue weighted by atomic mass is 10.1. The van der Waals surface area contributed by atoms with Crippen molar-refractivity contribution < 1.29 is 0 Å². The molecule has 3 rings (SSSR count). The van der Waals surface area contributed by atoms with E-state index in [1.165, 1.54) is 5.56 Å². The quantitative estimate of drug-likeness (QED) is 0.661. The van der Waals surface area contributed by atoms with Crippen LogP contribution in [-0.4, -0.2) is 9.55 Å². The number of imidazole rings is 1. The molecule has 2 aromatic carbocycles. The zero-order valence-electron chi connectivity index (χ0n) is 10.4. The average Bonchev–Trinajstić information content (AvgIpc) is 2.74. The number of nitrogens with one attached hydrogen (secondary N) is 1. The Morgan fingerprint density at radius 3 is 2.53 bits per heavy atom. The molecule has 3 aromatic rings. The number of hydrogen-bond acceptors (Lipinski definition) is 1. The van der Waals surface area contributed by atoms with Crippen LogP contribution in [0.15, 0.2) is 48.5 Å². The third kappa shape index (κ3) is 2.20. The van der Waals surface area contributed by atoms with E-state index in [4.69, 9.17) is 23.8 Å². The van der Waals surface area contributed by atoms with Crippen LogP contribution in [0.4, 0.5) is 0 Å². The second-order valence-electron chi connectivity index (χ2n) is 4.54. The average molecular weight is 289 g/mol. The molecule has 0 spiro atoms. The summed E-state index contributed by atoms with van der Waals surface area (Å²) in [6.45, 7) is 2.14. The molecular formula is C15H13ClN2S. The first-order valence-corrected chi connectivity index (χ1v) is 6.90. The highest BCUT2D eigenvalue weighted by atomic mass is 35.5. The molecule has 4 heteroatoms. The summed E-state index contributed by atoms with van der Waals surface area (Å²) in [7, 11) is 0. The molecule has 96 valence electrons. The molecule has 0 saturated carbocycles. The molecular weight excluding hydrogens is 276 g/mol. The molecule has 1 unspecified atom stereocenters. The Bertz CT molecular complexity index is 771. The molecule has 0 saturated heterocycles. The van der Waals surface area contributed by atoms with Gasteiger partial charge in [0.05, 0.1) is 17.1 Å². The van der Waals surface area contributed by atoms with Gasteiger partial charge in [-0.3, -0.25) is 0 Å². The van der Waals surface area contributed by atoms with Crippen molar-refractivity contribution in [2.75, 3.05) is 0 Å². The molecule has 2 nitrogen and oxygen atoms in total. The predicted octanol–water partition coefficient (Wildman–Crippen LogP) is 4.96. The largest absolute Gasteiger partial charge is 0.331 e. The first-order chi connectivity index (χ1) is 9.16. The van der Waals surface area contributed by atoms with E-state index in [-0.39, 0.29) is 6.04 Å². The van der Waals surface area contributed by atoms with Crippen LogP contribution in [0.1, 0.15) is 18.5 Å². The van der Waals surface area contributed by atoms with Crippen molar-refractivity contribution >= 4 is 34.9 Å². The van der Waals surface area contributed by atoms with Crippen molar-refractivity contribution in [2.24, 2.45) is 0 Å². The lowest BCUT2D eigenvalue weighted by molar-refractivity contribution is 0.649. The van der Waals surface area contributed by atoms with Crippen LogP contribution >= 0.6 is 23.8 Å². The van der Waals surface area contributed by atoms with Crippen LogP contribution < -0.4 is 0 Å². The maximum absolute atomic E-state index is 5.93. The molecule has 0 radical (unpaired) electrons. The molecule has 0 amide bonds. The Hall–Kier alpha value is -1.58. The fourth-order valence-corrected chi connectivity index (χ4v) is 2.84. The molecule has 1 heterocycles. The normalized spacial score (nSPS) is 12.7. The molecule has 0 aliphatic heterocycles. The highest BCUT2D eigenvalue weighted by Crippen LogP contribution is 2.25. The second-order valence-corrected chi connectivity index (χ2v) is 5.37. The summed E-state index contributed by atoms with van der Waals surface area (Å²) < 4.78 is 2.87. The van der Waals surface area contributed by atoms with Gasteiger partial charge in [-0.2, -0.15) is 0 Å². The van der Waals surface area contributed by atoms with Crippen molar-refractivity contribution in [1.29, 1.82) is 0 Å². The first-order valence-electron chi connectivity index (χ1n) is 6.11. The highest BCUT2D eigenvalue weighted by Gasteiger charge is 2.12. The minimum absolute atomic E-state index is 0.168. The number of hydrogen-bond donors (Lipinski definition) is 1. The van der Waals surface area contributed by atoms with Crippen molar-refractivity contribution in [2.45, 2.75) is 13.0 Å². The van der Waals surface area contributed by atoms with Gasteiger partial charge in [-0.05, 0) is 49.0 Å². The lowest BCUT2D eigenvalue weighted by Gasteiger charge is -2.15. The Morgan fingerprint density at radius 2 is 1.79 bits per heavy atom. The first kappa shape index (κ1) is 12.5. The van der Waals surface area contributed by atoms with E-state index in [1.54, 1.807) is 0 Å². The monoisotopic (exact) mass is 288 g/mol. The number of aromatic amines is 1. The summed E-state index contributed by atoms with van der Waals surface area (Å²) in [6, 6.07) is 16.2.